The zero-order valence-corrected chi connectivity index (χ0v) is 23.1. The first-order valence-electron chi connectivity index (χ1n) is 13.2. The van der Waals surface area contributed by atoms with Gasteiger partial charge in [0.05, 0.1) is 37.4 Å². The van der Waals surface area contributed by atoms with E-state index >= 15 is 0 Å². The van der Waals surface area contributed by atoms with Crippen LogP contribution < -0.4 is 21.7 Å². The number of nitrogens with two attached hydrogens (primary N) is 1. The minimum atomic E-state index is -0.365. The normalized spacial score (nSPS) is 19.3. The van der Waals surface area contributed by atoms with Gasteiger partial charge in [0, 0.05) is 49.4 Å². The van der Waals surface area contributed by atoms with Gasteiger partial charge in [-0.15, -0.1) is 0 Å². The molecule has 5 N–H and O–H groups in total. The number of nitrogens with zero attached hydrogens (tertiary/aromatic N) is 4. The van der Waals surface area contributed by atoms with Crippen LogP contribution in [0.3, 0.4) is 0 Å². The van der Waals surface area contributed by atoms with Crippen molar-refractivity contribution in [3.8, 4) is 0 Å². The Labute approximate surface area is 240 Å². The predicted molar refractivity (Wildman–Crippen MR) is 162 cm³/mol. The van der Waals surface area contributed by atoms with Gasteiger partial charge in [-0.05, 0) is 42.6 Å². The molecule has 1 aromatic carbocycles. The molecule has 41 heavy (non-hydrogen) atoms. The maximum Gasteiger partial charge on any atom is 0.247 e. The van der Waals surface area contributed by atoms with Crippen molar-refractivity contribution in [1.82, 2.24) is 20.2 Å². The Morgan fingerprint density at radius 1 is 1.24 bits per heavy atom. The first kappa shape index (κ1) is 29.2. The van der Waals surface area contributed by atoms with Crippen molar-refractivity contribution >= 4 is 35.1 Å². The minimum absolute atomic E-state index is 0.360. The number of carbonyl (C=O) groups excluding carboxylic acids is 1. The van der Waals surface area contributed by atoms with Crippen molar-refractivity contribution in [2.24, 2.45) is 22.6 Å². The molecule has 2 unspecified atom stereocenters. The van der Waals surface area contributed by atoms with Crippen LogP contribution in [0.2, 0.25) is 0 Å². The molecular formula is C30H36N8O3. The predicted octanol–water partition coefficient (Wildman–Crippen LogP) is 3.62. The molecule has 1 amide bonds. The maximum atomic E-state index is 11.9. The Bertz CT molecular complexity index is 1360. The highest BCUT2D eigenvalue weighted by Crippen LogP contribution is 2.30. The smallest absolute Gasteiger partial charge is 0.247 e. The van der Waals surface area contributed by atoms with E-state index in [1.807, 2.05) is 30.3 Å². The van der Waals surface area contributed by atoms with Gasteiger partial charge in [0.25, 0.3) is 0 Å². The van der Waals surface area contributed by atoms with E-state index in [1.165, 1.54) is 18.6 Å². The zero-order chi connectivity index (χ0) is 29.0. The topological polar surface area (TPSA) is 139 Å². The number of para-hydroxylation sites is 2. The lowest BCUT2D eigenvalue weighted by Gasteiger charge is -2.18. The van der Waals surface area contributed by atoms with Crippen LogP contribution in [0.1, 0.15) is 0 Å². The fourth-order valence-electron chi connectivity index (χ4n) is 4.67. The number of aliphatic imine (C=N–C) groups is 1. The van der Waals surface area contributed by atoms with Crippen LogP contribution in [0.15, 0.2) is 102 Å². The Morgan fingerprint density at radius 3 is 2.73 bits per heavy atom. The highest BCUT2D eigenvalue weighted by Gasteiger charge is 2.36. The molecule has 4 rings (SSSR count). The van der Waals surface area contributed by atoms with Gasteiger partial charge in [0.1, 0.15) is 23.7 Å². The van der Waals surface area contributed by atoms with Gasteiger partial charge in [-0.1, -0.05) is 25.3 Å². The fraction of sp³-hybridized carbons (Fsp3) is 0.267. The molecule has 2 saturated heterocycles. The first-order chi connectivity index (χ1) is 20.0. The monoisotopic (exact) mass is 556 g/mol. The zero-order valence-electron chi connectivity index (χ0n) is 23.1. The second-order valence-corrected chi connectivity index (χ2v) is 9.54. The molecule has 214 valence electrons. The number of fused-ring (bicyclic) bond motifs is 1. The van der Waals surface area contributed by atoms with E-state index < -0.39 is 0 Å². The molecule has 0 radical (unpaired) electrons. The number of aromatic nitrogens is 2. The number of allylic oxidation sites excluding steroid dienone is 2. The Hall–Kier alpha value is -4.74. The average Bonchev–Trinajstić information content (AvgIpc) is 3.57. The SMILES string of the molecule is C=CC(=O)NC(=C)/C=C(Nc1cc(Nc2ccccc2N=CC=CN)ncn1)\C(=C/CN1CC2COCC2C1)OC. The van der Waals surface area contributed by atoms with Crippen LogP contribution in [-0.2, 0) is 14.3 Å². The van der Waals surface area contributed by atoms with E-state index in [0.717, 1.165) is 37.7 Å². The lowest BCUT2D eigenvalue weighted by molar-refractivity contribution is -0.115. The maximum absolute atomic E-state index is 11.9. The number of anilines is 3. The third-order valence-corrected chi connectivity index (χ3v) is 6.63. The summed E-state index contributed by atoms with van der Waals surface area (Å²) in [6.07, 6.45) is 11.0. The van der Waals surface area contributed by atoms with E-state index in [9.17, 15) is 4.79 Å². The molecule has 2 fully saturated rings. The van der Waals surface area contributed by atoms with E-state index in [4.69, 9.17) is 15.2 Å². The van der Waals surface area contributed by atoms with Crippen molar-refractivity contribution in [2.75, 3.05) is 50.6 Å². The summed E-state index contributed by atoms with van der Waals surface area (Å²) in [5, 5.41) is 9.26. The summed E-state index contributed by atoms with van der Waals surface area (Å²) in [5.41, 5.74) is 7.81. The van der Waals surface area contributed by atoms with Crippen LogP contribution in [0.4, 0.5) is 23.0 Å². The highest BCUT2D eigenvalue weighted by molar-refractivity contribution is 5.88. The van der Waals surface area contributed by atoms with E-state index in [0.29, 0.717) is 47.2 Å². The molecular weight excluding hydrogens is 520 g/mol. The largest absolute Gasteiger partial charge is 0.495 e. The third kappa shape index (κ3) is 8.37. The van der Waals surface area contributed by atoms with Gasteiger partial charge < -0.3 is 31.2 Å². The third-order valence-electron chi connectivity index (χ3n) is 6.63. The number of amides is 1. The number of methoxy groups -OCH3 is 1. The summed E-state index contributed by atoms with van der Waals surface area (Å²) >= 11 is 0. The van der Waals surface area contributed by atoms with Gasteiger partial charge in [-0.3, -0.25) is 14.7 Å². The van der Waals surface area contributed by atoms with Crippen molar-refractivity contribution < 1.29 is 14.3 Å². The molecule has 2 aliphatic heterocycles. The lowest BCUT2D eigenvalue weighted by atomic mass is 10.0. The number of benzene rings is 1. The van der Waals surface area contributed by atoms with Crippen LogP contribution >= 0.6 is 0 Å². The van der Waals surface area contributed by atoms with Crippen molar-refractivity contribution in [3.05, 3.63) is 97.5 Å². The van der Waals surface area contributed by atoms with Crippen molar-refractivity contribution in [2.45, 2.75) is 0 Å². The molecule has 0 aliphatic carbocycles. The lowest BCUT2D eigenvalue weighted by Crippen LogP contribution is -2.24. The summed E-state index contributed by atoms with van der Waals surface area (Å²) in [7, 11) is 1.60. The van der Waals surface area contributed by atoms with Crippen molar-refractivity contribution in [3.63, 3.8) is 0 Å². The Kier molecular flexibility index (Phi) is 10.4. The average molecular weight is 557 g/mol. The minimum Gasteiger partial charge on any atom is -0.495 e. The molecule has 1 aromatic heterocycles. The molecule has 0 spiro atoms. The number of hydrogen-bond donors (Lipinski definition) is 4. The molecule has 0 saturated carbocycles. The standard InChI is InChI=1S/C30H36N8O3/c1-4-30(39)35-21(2)14-26(27(40-3)10-13-38-16-22-18-41-19-23(22)17-38)37-29-15-28(33-20-34-29)36-25-9-6-5-8-24(25)32-12-7-11-31/h4-12,14-15,20,22-23H,1-2,13,16-19,31H2,3H3,(H,35,39)(H2,33,34,36,37)/b11-7?,26-14+,27-10+,32-12?. The molecule has 11 heteroatoms. The van der Waals surface area contributed by atoms with Gasteiger partial charge in [0.15, 0.2) is 0 Å². The second-order valence-electron chi connectivity index (χ2n) is 9.54. The number of likely N-dealkylation sites (tertiary alicyclic amines) is 1. The number of nitrogens with one attached hydrogen (secondary N) is 3. The molecule has 2 aromatic rings. The molecule has 3 heterocycles. The molecule has 11 nitrogen and oxygen atoms in total. The summed E-state index contributed by atoms with van der Waals surface area (Å²) in [6.45, 7) is 11.8. The summed E-state index contributed by atoms with van der Waals surface area (Å²) < 4.78 is 11.4. The van der Waals surface area contributed by atoms with Gasteiger partial charge in [0.2, 0.25) is 5.91 Å². The van der Waals surface area contributed by atoms with Crippen LogP contribution in [-0.4, -0.2) is 66.9 Å². The van der Waals surface area contributed by atoms with Crippen molar-refractivity contribution in [1.29, 1.82) is 0 Å². The number of carbonyl (C=O) groups is 1. The van der Waals surface area contributed by atoms with Crippen LogP contribution in [0, 0.1) is 11.8 Å². The summed E-state index contributed by atoms with van der Waals surface area (Å²) in [4.78, 5) is 27.4. The highest BCUT2D eigenvalue weighted by atomic mass is 16.5. The van der Waals surface area contributed by atoms with E-state index in [2.05, 4.69) is 49.0 Å². The van der Waals surface area contributed by atoms with Gasteiger partial charge >= 0.3 is 0 Å². The fourth-order valence-corrected chi connectivity index (χ4v) is 4.67. The van der Waals surface area contributed by atoms with Crippen LogP contribution in [0.5, 0.6) is 0 Å². The number of ether oxygens (including phenoxy) is 2. The molecule has 2 aliphatic rings. The molecule has 2 atom stereocenters. The van der Waals surface area contributed by atoms with Gasteiger partial charge in [-0.25, -0.2) is 9.97 Å². The second kappa shape index (κ2) is 14.6. The van der Waals surface area contributed by atoms with E-state index in [-0.39, 0.29) is 5.91 Å². The number of rotatable bonds is 13. The quantitative estimate of drug-likeness (QED) is 0.126. The Morgan fingerprint density at radius 2 is 2.00 bits per heavy atom. The number of hydrogen-bond acceptors (Lipinski definition) is 10. The first-order valence-corrected chi connectivity index (χ1v) is 13.2. The summed E-state index contributed by atoms with van der Waals surface area (Å²) in [6, 6.07) is 9.33. The molecule has 0 bridgehead atoms. The van der Waals surface area contributed by atoms with Gasteiger partial charge in [-0.2, -0.15) is 0 Å². The van der Waals surface area contributed by atoms with Crippen LogP contribution in [0.25, 0.3) is 0 Å². The Balaban J connectivity index is 1.54. The van der Waals surface area contributed by atoms with E-state index in [1.54, 1.807) is 31.5 Å². The summed E-state index contributed by atoms with van der Waals surface area (Å²) in [5.74, 6) is 2.42.